The van der Waals surface area contributed by atoms with E-state index in [-0.39, 0.29) is 29.5 Å². The Kier molecular flexibility index (Phi) is 6.36. The van der Waals surface area contributed by atoms with Crippen molar-refractivity contribution in [2.45, 2.75) is 25.4 Å². The Morgan fingerprint density at radius 2 is 2.00 bits per heavy atom. The molecule has 1 heterocycles. The standard InChI is InChI=1S/C19H15BClF3N2O5/c1-18(9-25,10-29-14-7-4-12-8-30-20(28)15(12)16(14)21)26-17(27)11-2-5-13(6-3-11)31-19(22,23)24/h2-7,28H,8,10H2,1H3,(H,26,27)/t18-/m1/s1. The number of nitrogens with zero attached hydrogens (tertiary/aromatic N) is 1. The first-order valence-electron chi connectivity index (χ1n) is 8.85. The average molecular weight is 455 g/mol. The molecule has 12 heteroatoms. The highest BCUT2D eigenvalue weighted by molar-refractivity contribution is 6.65. The second-order valence-electron chi connectivity index (χ2n) is 6.87. The number of carbonyl (C=O) groups is 1. The fraction of sp³-hybridized carbons (Fsp3) is 0.263. The number of carbonyl (C=O) groups excluding carboxylic acids is 1. The van der Waals surface area contributed by atoms with E-state index in [2.05, 4.69) is 10.1 Å². The first kappa shape index (κ1) is 22.7. The van der Waals surface area contributed by atoms with Crippen molar-refractivity contribution >= 4 is 30.1 Å². The molecule has 0 radical (unpaired) electrons. The maximum absolute atomic E-state index is 12.4. The lowest BCUT2D eigenvalue weighted by atomic mass is 9.79. The maximum atomic E-state index is 12.4. The number of benzene rings is 2. The molecule has 0 spiro atoms. The normalized spacial score (nSPS) is 14.9. The molecular weight excluding hydrogens is 439 g/mol. The molecule has 0 saturated heterocycles. The summed E-state index contributed by atoms with van der Waals surface area (Å²) in [4.78, 5) is 12.4. The van der Waals surface area contributed by atoms with Crippen molar-refractivity contribution in [3.63, 3.8) is 0 Å². The van der Waals surface area contributed by atoms with E-state index in [1.807, 2.05) is 6.07 Å². The van der Waals surface area contributed by atoms with Crippen LogP contribution in [0.1, 0.15) is 22.8 Å². The van der Waals surface area contributed by atoms with Crippen LogP contribution < -0.4 is 20.3 Å². The topological polar surface area (TPSA) is 101 Å². The summed E-state index contributed by atoms with van der Waals surface area (Å²) in [6.45, 7) is 1.32. The van der Waals surface area contributed by atoms with Crippen LogP contribution in [0.5, 0.6) is 11.5 Å². The minimum Gasteiger partial charge on any atom is -0.488 e. The predicted molar refractivity (Wildman–Crippen MR) is 104 cm³/mol. The summed E-state index contributed by atoms with van der Waals surface area (Å²) in [5.41, 5.74) is -0.385. The van der Waals surface area contributed by atoms with Crippen molar-refractivity contribution in [3.05, 3.63) is 52.5 Å². The molecule has 0 saturated carbocycles. The number of amides is 1. The van der Waals surface area contributed by atoms with Crippen LogP contribution in [0.3, 0.4) is 0 Å². The SMILES string of the molecule is C[C@@](C#N)(COc1ccc2c(c1Cl)B(O)OC2)NC(=O)c1ccc(OC(F)(F)F)cc1. The molecule has 162 valence electrons. The number of hydrogen-bond acceptors (Lipinski definition) is 6. The van der Waals surface area contributed by atoms with Crippen LogP contribution in [0, 0.1) is 11.3 Å². The number of alkyl halides is 3. The van der Waals surface area contributed by atoms with Crippen LogP contribution in [-0.2, 0) is 11.3 Å². The van der Waals surface area contributed by atoms with Gasteiger partial charge in [0.05, 0.1) is 17.7 Å². The van der Waals surface area contributed by atoms with Gasteiger partial charge in [-0.3, -0.25) is 4.79 Å². The van der Waals surface area contributed by atoms with E-state index in [0.717, 1.165) is 24.3 Å². The monoisotopic (exact) mass is 454 g/mol. The number of nitrogens with one attached hydrogen (secondary N) is 1. The third-order valence-corrected chi connectivity index (χ3v) is 4.77. The first-order chi connectivity index (χ1) is 14.5. The van der Waals surface area contributed by atoms with Crippen molar-refractivity contribution in [1.29, 1.82) is 5.26 Å². The van der Waals surface area contributed by atoms with E-state index in [0.29, 0.717) is 11.0 Å². The van der Waals surface area contributed by atoms with Crippen molar-refractivity contribution in [3.8, 4) is 17.6 Å². The molecule has 0 aromatic heterocycles. The van der Waals surface area contributed by atoms with E-state index in [9.17, 15) is 28.3 Å². The smallest absolute Gasteiger partial charge is 0.488 e. The van der Waals surface area contributed by atoms with Gasteiger partial charge in [-0.2, -0.15) is 5.26 Å². The van der Waals surface area contributed by atoms with E-state index < -0.39 is 30.7 Å². The van der Waals surface area contributed by atoms with E-state index >= 15 is 0 Å². The van der Waals surface area contributed by atoms with Gasteiger partial charge < -0.3 is 24.5 Å². The Morgan fingerprint density at radius 3 is 2.61 bits per heavy atom. The molecule has 1 atom stereocenters. The van der Waals surface area contributed by atoms with Gasteiger partial charge in [0.25, 0.3) is 5.91 Å². The lowest BCUT2D eigenvalue weighted by Crippen LogP contribution is -2.49. The number of nitriles is 1. The summed E-state index contributed by atoms with van der Waals surface area (Å²) in [5, 5.41) is 22.0. The first-order valence-corrected chi connectivity index (χ1v) is 9.22. The third-order valence-electron chi connectivity index (χ3n) is 4.38. The summed E-state index contributed by atoms with van der Waals surface area (Å²) in [6, 6.07) is 9.39. The highest BCUT2D eigenvalue weighted by Gasteiger charge is 2.33. The predicted octanol–water partition coefficient (Wildman–Crippen LogP) is 2.55. The summed E-state index contributed by atoms with van der Waals surface area (Å²) >= 11 is 6.26. The second-order valence-corrected chi connectivity index (χ2v) is 7.25. The molecule has 1 aliphatic rings. The summed E-state index contributed by atoms with van der Waals surface area (Å²) in [6.07, 6.45) is -4.85. The van der Waals surface area contributed by atoms with E-state index in [1.165, 1.54) is 6.92 Å². The molecule has 3 rings (SSSR count). The largest absolute Gasteiger partial charge is 0.573 e. The molecule has 1 aliphatic heterocycles. The Labute approximate surface area is 180 Å². The van der Waals surface area contributed by atoms with Crippen LogP contribution in [0.2, 0.25) is 5.02 Å². The lowest BCUT2D eigenvalue weighted by Gasteiger charge is -2.24. The van der Waals surface area contributed by atoms with Crippen molar-refractivity contribution in [1.82, 2.24) is 5.32 Å². The Hall–Kier alpha value is -2.94. The highest BCUT2D eigenvalue weighted by Crippen LogP contribution is 2.28. The fourth-order valence-electron chi connectivity index (χ4n) is 2.82. The zero-order valence-corrected chi connectivity index (χ0v) is 16.8. The zero-order chi connectivity index (χ0) is 22.8. The average Bonchev–Trinajstić information content (AvgIpc) is 3.08. The Bertz CT molecular complexity index is 1030. The van der Waals surface area contributed by atoms with E-state index in [4.69, 9.17) is 21.0 Å². The van der Waals surface area contributed by atoms with Crippen molar-refractivity contribution < 1.29 is 37.1 Å². The van der Waals surface area contributed by atoms with Gasteiger partial charge in [0.1, 0.15) is 18.1 Å². The van der Waals surface area contributed by atoms with Crippen molar-refractivity contribution in [2.75, 3.05) is 6.61 Å². The molecule has 2 aromatic rings. The Balaban J connectivity index is 1.67. The number of rotatable bonds is 6. The van der Waals surface area contributed by atoms with Gasteiger partial charge in [-0.1, -0.05) is 17.7 Å². The molecule has 1 amide bonds. The quantitative estimate of drug-likeness (QED) is 0.651. The molecule has 0 bridgehead atoms. The van der Waals surface area contributed by atoms with Gasteiger partial charge in [-0.25, -0.2) is 0 Å². The Morgan fingerprint density at radius 1 is 1.32 bits per heavy atom. The maximum Gasteiger partial charge on any atom is 0.573 e. The number of hydrogen-bond donors (Lipinski definition) is 2. The summed E-state index contributed by atoms with van der Waals surface area (Å²) in [7, 11) is -1.18. The van der Waals surface area contributed by atoms with Crippen LogP contribution in [-0.4, -0.2) is 36.6 Å². The molecule has 31 heavy (non-hydrogen) atoms. The number of ether oxygens (including phenoxy) is 2. The van der Waals surface area contributed by atoms with Gasteiger partial charge in [-0.05, 0) is 42.8 Å². The van der Waals surface area contributed by atoms with Crippen molar-refractivity contribution in [2.24, 2.45) is 0 Å². The van der Waals surface area contributed by atoms with Gasteiger partial charge >= 0.3 is 13.5 Å². The van der Waals surface area contributed by atoms with Crippen LogP contribution in [0.25, 0.3) is 0 Å². The molecule has 7 nitrogen and oxygen atoms in total. The molecule has 0 fully saturated rings. The second kappa shape index (κ2) is 8.67. The van der Waals surface area contributed by atoms with Crippen LogP contribution in [0.15, 0.2) is 36.4 Å². The van der Waals surface area contributed by atoms with E-state index in [1.54, 1.807) is 12.1 Å². The number of halogens is 4. The molecular formula is C19H15BClF3N2O5. The van der Waals surface area contributed by atoms with Gasteiger partial charge in [0.2, 0.25) is 0 Å². The van der Waals surface area contributed by atoms with Gasteiger partial charge in [-0.15, -0.1) is 13.2 Å². The minimum atomic E-state index is -4.85. The molecule has 2 N–H and O–H groups in total. The number of fused-ring (bicyclic) bond motifs is 1. The molecule has 2 aromatic carbocycles. The summed E-state index contributed by atoms with van der Waals surface area (Å²) < 4.78 is 51.2. The third kappa shape index (κ3) is 5.41. The molecule has 0 unspecified atom stereocenters. The van der Waals surface area contributed by atoms with Gasteiger partial charge in [0.15, 0.2) is 5.54 Å². The zero-order valence-electron chi connectivity index (χ0n) is 16.0. The fourth-order valence-corrected chi connectivity index (χ4v) is 3.15. The highest BCUT2D eigenvalue weighted by atomic mass is 35.5. The minimum absolute atomic E-state index is 0.0202. The van der Waals surface area contributed by atoms with Gasteiger partial charge in [0, 0.05) is 11.0 Å². The lowest BCUT2D eigenvalue weighted by molar-refractivity contribution is -0.274. The molecule has 0 aliphatic carbocycles. The van der Waals surface area contributed by atoms with Crippen LogP contribution >= 0.6 is 11.6 Å². The van der Waals surface area contributed by atoms with Crippen LogP contribution in [0.4, 0.5) is 13.2 Å². The summed E-state index contributed by atoms with van der Waals surface area (Å²) in [5.74, 6) is -0.989.